The van der Waals surface area contributed by atoms with Gasteiger partial charge in [0.1, 0.15) is 91.4 Å². The highest BCUT2D eigenvalue weighted by atomic mass is 16.8. The Hall–Kier alpha value is -3.02. The van der Waals surface area contributed by atoms with E-state index in [2.05, 4.69) is 40.3 Å². The summed E-state index contributed by atoms with van der Waals surface area (Å²) in [4.78, 5) is 50.5. The molecule has 0 aromatic rings. The first-order valence-electron chi connectivity index (χ1n) is 26.1. The lowest BCUT2D eigenvalue weighted by atomic mass is 9.92. The van der Waals surface area contributed by atoms with Gasteiger partial charge in [-0.3, -0.25) is 19.2 Å². The topological polar surface area (TPSA) is 363 Å². The van der Waals surface area contributed by atoms with Crippen molar-refractivity contribution in [2.75, 3.05) is 26.4 Å². The summed E-state index contributed by atoms with van der Waals surface area (Å²) < 4.78 is 42.1. The van der Waals surface area contributed by atoms with E-state index in [0.29, 0.717) is 6.42 Å². The van der Waals surface area contributed by atoms with Crippen molar-refractivity contribution in [3.8, 4) is 0 Å². The summed E-state index contributed by atoms with van der Waals surface area (Å²) in [6.07, 6.45) is -6.54. The third-order valence-corrected chi connectivity index (χ3v) is 13.7. The van der Waals surface area contributed by atoms with E-state index in [1.54, 1.807) is 6.92 Å². The normalized spacial score (nSPS) is 36.9. The van der Waals surface area contributed by atoms with Crippen LogP contribution in [-0.4, -0.2) is 218 Å². The van der Waals surface area contributed by atoms with Gasteiger partial charge in [0.2, 0.25) is 23.6 Å². The lowest BCUT2D eigenvalue weighted by Crippen LogP contribution is -2.71. The molecule has 4 fully saturated rings. The van der Waals surface area contributed by atoms with Crippen LogP contribution in [0, 0.1) is 0 Å². The Labute approximate surface area is 427 Å². The molecule has 0 radical (unpaired) electrons. The fourth-order valence-corrected chi connectivity index (χ4v) is 9.80. The van der Waals surface area contributed by atoms with Crippen molar-refractivity contribution in [3.05, 3.63) is 12.2 Å². The first kappa shape index (κ1) is 62.5. The highest BCUT2D eigenvalue weighted by Crippen LogP contribution is 2.35. The zero-order valence-corrected chi connectivity index (χ0v) is 42.9. The summed E-state index contributed by atoms with van der Waals surface area (Å²) in [7, 11) is 0. The molecule has 4 amide bonds. The van der Waals surface area contributed by atoms with Crippen LogP contribution in [0.2, 0.25) is 0 Å². The van der Waals surface area contributed by atoms with Gasteiger partial charge in [0.05, 0.1) is 38.6 Å². The second kappa shape index (κ2) is 31.9. The van der Waals surface area contributed by atoms with Gasteiger partial charge in [0.15, 0.2) is 18.9 Å². The Morgan fingerprint density at radius 3 is 1.23 bits per heavy atom. The predicted octanol–water partition coefficient (Wildman–Crippen LogP) is -2.09. The summed E-state index contributed by atoms with van der Waals surface area (Å²) >= 11 is 0. The molecule has 3 unspecified atom stereocenters. The monoisotopic (exact) mass is 1050 g/mol. The van der Waals surface area contributed by atoms with E-state index in [-0.39, 0.29) is 6.42 Å². The van der Waals surface area contributed by atoms with E-state index in [1.165, 1.54) is 45.4 Å². The maximum Gasteiger partial charge on any atom is 0.220 e. The minimum Gasteiger partial charge on any atom is -0.394 e. The second-order valence-electron chi connectivity index (χ2n) is 19.6. The standard InChI is InChI=1S/C49H86N4O20/c1-6-7-8-9-10-11-12-13-14-15-16-17-18-19-20-21-34(61)53-36-40(63)39(62)30(22-54)68-47(36)72-45-32(24-56)70-49(38(42(45)65)52-29(5)60)73-46-33(25-57)69-48(37(43(46)66)51-28(4)59)71-44-31(23-55)67-26(2)35(41(44)64)50-27(3)58/h13-14,26,30-33,35-49,54-57,62-66H,6-12,15-25H2,1-5H3,(H,50,58)(H,51,59)(H,52,60)(H,53,61)/b14-13-/t26?,30-,31-,32-,33-,35+,36-,37-,38-,39-,40-,41?,42?,43-,44-,45-,46-,47+,48+,49+/m1/s1. The number of nitrogens with one attached hydrogen (secondary N) is 4. The molecule has 24 nitrogen and oxygen atoms in total. The minimum atomic E-state index is -1.87. The van der Waals surface area contributed by atoms with E-state index in [1.807, 2.05) is 0 Å². The van der Waals surface area contributed by atoms with Crippen LogP contribution in [0.5, 0.6) is 0 Å². The average Bonchev–Trinajstić information content (AvgIpc) is 3.35. The second-order valence-corrected chi connectivity index (χ2v) is 19.6. The van der Waals surface area contributed by atoms with Gasteiger partial charge in [-0.2, -0.15) is 0 Å². The Bertz CT molecular complexity index is 1690. The SMILES string of the molecule is CCCCCCCC/C=C\CCCCCCCC(=O)N[C@H]1[C@H](O[C@H]2C(O)[C@@H](NC(C)=O)[C@H](O[C@H]3[C@H](O)[C@@H](NC(C)=O)[C@H](O[C@H]4C(O)[C@@H](NC(C)=O)C(C)O[C@@H]4CO)O[C@@H]3CO)O[C@@H]2CO)O[C@H](CO)[C@@H](O)[C@@H]1O. The van der Waals surface area contributed by atoms with Crippen molar-refractivity contribution >= 4 is 23.6 Å². The molecule has 20 atom stereocenters. The summed E-state index contributed by atoms with van der Waals surface area (Å²) in [5.41, 5.74) is 0. The first-order valence-corrected chi connectivity index (χ1v) is 26.1. The molecule has 13 N–H and O–H groups in total. The van der Waals surface area contributed by atoms with Crippen molar-refractivity contribution in [3.63, 3.8) is 0 Å². The number of hydrogen-bond acceptors (Lipinski definition) is 20. The fraction of sp³-hybridized carbons (Fsp3) is 0.878. The molecule has 422 valence electrons. The Kier molecular flexibility index (Phi) is 27.3. The van der Waals surface area contributed by atoms with Gasteiger partial charge in [0, 0.05) is 27.2 Å². The number of amides is 4. The summed E-state index contributed by atoms with van der Waals surface area (Å²) in [5.74, 6) is -2.43. The number of carbonyl (C=O) groups is 4. The van der Waals surface area contributed by atoms with Gasteiger partial charge in [-0.05, 0) is 39.0 Å². The molecule has 4 aliphatic heterocycles. The predicted molar refractivity (Wildman–Crippen MR) is 258 cm³/mol. The van der Waals surface area contributed by atoms with Crippen LogP contribution in [-0.2, 0) is 52.3 Å². The maximum absolute atomic E-state index is 13.3. The molecule has 4 rings (SSSR count). The fourth-order valence-electron chi connectivity index (χ4n) is 9.80. The number of aliphatic hydroxyl groups is 9. The Morgan fingerprint density at radius 2 is 0.808 bits per heavy atom. The van der Waals surface area contributed by atoms with Crippen LogP contribution in [0.25, 0.3) is 0 Å². The molecule has 0 spiro atoms. The molecule has 4 aliphatic rings. The molecule has 0 aromatic heterocycles. The van der Waals surface area contributed by atoms with Crippen molar-refractivity contribution in [2.24, 2.45) is 0 Å². The van der Waals surface area contributed by atoms with Crippen LogP contribution < -0.4 is 21.3 Å². The number of rotatable bonds is 29. The Balaban J connectivity index is 1.44. The molecule has 0 aliphatic carbocycles. The van der Waals surface area contributed by atoms with Gasteiger partial charge in [-0.15, -0.1) is 0 Å². The van der Waals surface area contributed by atoms with Crippen molar-refractivity contribution < 1.29 is 98.3 Å². The van der Waals surface area contributed by atoms with Crippen LogP contribution in [0.15, 0.2) is 12.2 Å². The molecule has 4 saturated heterocycles. The van der Waals surface area contributed by atoms with Crippen LogP contribution in [0.4, 0.5) is 0 Å². The zero-order valence-electron chi connectivity index (χ0n) is 42.9. The Morgan fingerprint density at radius 1 is 0.452 bits per heavy atom. The van der Waals surface area contributed by atoms with E-state index >= 15 is 0 Å². The smallest absolute Gasteiger partial charge is 0.220 e. The quantitative estimate of drug-likeness (QED) is 0.0282. The summed E-state index contributed by atoms with van der Waals surface area (Å²) in [6, 6.07) is -5.63. The number of allylic oxidation sites excluding steroid dienone is 2. The van der Waals surface area contributed by atoms with E-state index in [9.17, 15) is 65.1 Å². The molecular weight excluding hydrogens is 965 g/mol. The molecule has 0 saturated carbocycles. The van der Waals surface area contributed by atoms with Gasteiger partial charge >= 0.3 is 0 Å². The van der Waals surface area contributed by atoms with Crippen molar-refractivity contribution in [1.82, 2.24) is 21.3 Å². The molecule has 24 heteroatoms. The van der Waals surface area contributed by atoms with Gasteiger partial charge in [-0.25, -0.2) is 0 Å². The van der Waals surface area contributed by atoms with E-state index in [0.717, 1.165) is 52.4 Å². The molecule has 4 heterocycles. The van der Waals surface area contributed by atoms with Crippen LogP contribution in [0.1, 0.15) is 125 Å². The molecule has 0 aromatic carbocycles. The minimum absolute atomic E-state index is 0.0609. The maximum atomic E-state index is 13.3. The van der Waals surface area contributed by atoms with Crippen LogP contribution in [0.3, 0.4) is 0 Å². The third kappa shape index (κ3) is 18.3. The number of hydrogen-bond donors (Lipinski definition) is 13. The van der Waals surface area contributed by atoms with Crippen molar-refractivity contribution in [1.29, 1.82) is 0 Å². The lowest BCUT2D eigenvalue weighted by molar-refractivity contribution is -0.359. The lowest BCUT2D eigenvalue weighted by Gasteiger charge is -2.51. The number of aliphatic hydroxyl groups excluding tert-OH is 9. The summed E-state index contributed by atoms with van der Waals surface area (Å²) in [6.45, 7) is 3.99. The molecular formula is C49H86N4O20. The number of carbonyl (C=O) groups excluding carboxylic acids is 4. The summed E-state index contributed by atoms with van der Waals surface area (Å²) in [5, 5.41) is 109. The van der Waals surface area contributed by atoms with Crippen molar-refractivity contribution in [2.45, 2.75) is 247 Å². The highest BCUT2D eigenvalue weighted by molar-refractivity contribution is 5.76. The number of ether oxygens (including phenoxy) is 7. The van der Waals surface area contributed by atoms with Crippen LogP contribution >= 0.6 is 0 Å². The van der Waals surface area contributed by atoms with Gasteiger partial charge in [0.25, 0.3) is 0 Å². The third-order valence-electron chi connectivity index (χ3n) is 13.7. The number of unbranched alkanes of at least 4 members (excludes halogenated alkanes) is 11. The largest absolute Gasteiger partial charge is 0.394 e. The van der Waals surface area contributed by atoms with E-state index in [4.69, 9.17) is 33.2 Å². The zero-order chi connectivity index (χ0) is 53.8. The van der Waals surface area contributed by atoms with E-state index < -0.39 is 172 Å². The molecule has 73 heavy (non-hydrogen) atoms. The molecule has 0 bridgehead atoms. The average molecular weight is 1050 g/mol. The first-order chi connectivity index (χ1) is 34.9. The highest BCUT2D eigenvalue weighted by Gasteiger charge is 2.56. The van der Waals surface area contributed by atoms with Gasteiger partial charge < -0.3 is 100 Å². The van der Waals surface area contributed by atoms with Gasteiger partial charge in [-0.1, -0.05) is 70.4 Å².